The van der Waals surface area contributed by atoms with Crippen molar-refractivity contribution in [3.63, 3.8) is 0 Å². The molecule has 0 bridgehead atoms. The Morgan fingerprint density at radius 2 is 1.70 bits per heavy atom. The molecule has 5 nitrogen and oxygen atoms in total. The van der Waals surface area contributed by atoms with Crippen LogP contribution in [-0.2, 0) is 0 Å². The lowest BCUT2D eigenvalue weighted by Crippen LogP contribution is -2.24. The summed E-state index contributed by atoms with van der Waals surface area (Å²) in [6, 6.07) is 4.59. The molecule has 0 saturated carbocycles. The van der Waals surface area contributed by atoms with Gasteiger partial charge in [-0.05, 0) is 19.4 Å². The Morgan fingerprint density at radius 1 is 1.09 bits per heavy atom. The first kappa shape index (κ1) is 19.1. The molecule has 0 atom stereocenters. The zero-order chi connectivity index (χ0) is 17.1. The van der Waals surface area contributed by atoms with Crippen LogP contribution >= 0.6 is 0 Å². The second-order valence-electron chi connectivity index (χ2n) is 5.99. The normalized spacial score (nSPS) is 10.5. The van der Waals surface area contributed by atoms with Crippen LogP contribution in [0.25, 0.3) is 0 Å². The van der Waals surface area contributed by atoms with Gasteiger partial charge in [-0.3, -0.25) is 14.9 Å². The van der Waals surface area contributed by atoms with E-state index in [0.717, 1.165) is 12.8 Å². The zero-order valence-electron chi connectivity index (χ0n) is 14.3. The van der Waals surface area contributed by atoms with E-state index >= 15 is 0 Å². The van der Waals surface area contributed by atoms with E-state index in [-0.39, 0.29) is 11.6 Å². The van der Waals surface area contributed by atoms with Crippen LogP contribution in [0.5, 0.6) is 0 Å². The highest BCUT2D eigenvalue weighted by Gasteiger charge is 2.14. The Hall–Kier alpha value is -1.91. The molecule has 0 saturated heterocycles. The highest BCUT2D eigenvalue weighted by molar-refractivity contribution is 5.94. The zero-order valence-corrected chi connectivity index (χ0v) is 14.3. The van der Waals surface area contributed by atoms with E-state index in [4.69, 9.17) is 0 Å². The van der Waals surface area contributed by atoms with Crippen LogP contribution in [0, 0.1) is 17.0 Å². The third kappa shape index (κ3) is 7.26. The van der Waals surface area contributed by atoms with E-state index in [2.05, 4.69) is 12.2 Å². The highest BCUT2D eigenvalue weighted by Crippen LogP contribution is 2.19. The number of nitrogens with one attached hydrogen (secondary N) is 1. The number of hydrogen-bond acceptors (Lipinski definition) is 3. The van der Waals surface area contributed by atoms with Crippen LogP contribution in [0.4, 0.5) is 5.69 Å². The molecule has 0 radical (unpaired) electrons. The van der Waals surface area contributed by atoms with Gasteiger partial charge in [0.1, 0.15) is 0 Å². The number of nitro groups is 1. The summed E-state index contributed by atoms with van der Waals surface area (Å²) >= 11 is 0. The van der Waals surface area contributed by atoms with E-state index in [1.54, 1.807) is 19.1 Å². The third-order valence-electron chi connectivity index (χ3n) is 3.98. The molecule has 1 N–H and O–H groups in total. The van der Waals surface area contributed by atoms with Gasteiger partial charge in [0, 0.05) is 23.7 Å². The predicted octanol–water partition coefficient (Wildman–Crippen LogP) is 4.77. The van der Waals surface area contributed by atoms with Gasteiger partial charge in [-0.15, -0.1) is 0 Å². The van der Waals surface area contributed by atoms with Gasteiger partial charge in [-0.2, -0.15) is 0 Å². The van der Waals surface area contributed by atoms with Crippen molar-refractivity contribution in [2.75, 3.05) is 6.54 Å². The first-order valence-corrected chi connectivity index (χ1v) is 8.59. The first-order chi connectivity index (χ1) is 11.1. The minimum Gasteiger partial charge on any atom is -0.352 e. The third-order valence-corrected chi connectivity index (χ3v) is 3.98. The van der Waals surface area contributed by atoms with Gasteiger partial charge in [-0.25, -0.2) is 0 Å². The molecule has 5 heteroatoms. The first-order valence-electron chi connectivity index (χ1n) is 8.59. The standard InChI is InChI=1S/C18H28N2O3/c1-3-4-5-6-7-8-9-10-13-19-18(21)16-12-11-15(2)17(14-16)20(22)23/h11-12,14H,3-10,13H2,1-2H3,(H,19,21). The minimum atomic E-state index is -0.454. The number of carbonyl (C=O) groups is 1. The quantitative estimate of drug-likeness (QED) is 0.362. The van der Waals surface area contributed by atoms with Crippen LogP contribution in [0.15, 0.2) is 18.2 Å². The average molecular weight is 320 g/mol. The summed E-state index contributed by atoms with van der Waals surface area (Å²) in [4.78, 5) is 22.4. The summed E-state index contributed by atoms with van der Waals surface area (Å²) in [5, 5.41) is 13.7. The van der Waals surface area contributed by atoms with E-state index in [9.17, 15) is 14.9 Å². The topological polar surface area (TPSA) is 72.2 Å². The van der Waals surface area contributed by atoms with Crippen LogP contribution in [0.1, 0.15) is 74.2 Å². The maximum atomic E-state index is 12.0. The molecule has 0 unspecified atom stereocenters. The van der Waals surface area contributed by atoms with E-state index in [0.29, 0.717) is 17.7 Å². The Morgan fingerprint density at radius 3 is 2.30 bits per heavy atom. The molecule has 1 aromatic carbocycles. The van der Waals surface area contributed by atoms with Gasteiger partial charge in [0.15, 0.2) is 0 Å². The van der Waals surface area contributed by atoms with Crippen LogP contribution < -0.4 is 5.32 Å². The number of unbranched alkanes of at least 4 members (excludes halogenated alkanes) is 7. The van der Waals surface area contributed by atoms with Gasteiger partial charge >= 0.3 is 0 Å². The van der Waals surface area contributed by atoms with Crippen molar-refractivity contribution in [1.82, 2.24) is 5.32 Å². The molecule has 0 aliphatic carbocycles. The lowest BCUT2D eigenvalue weighted by atomic mass is 10.1. The SMILES string of the molecule is CCCCCCCCCCNC(=O)c1ccc(C)c([N+](=O)[O-])c1. The van der Waals surface area contributed by atoms with Crippen molar-refractivity contribution in [1.29, 1.82) is 0 Å². The monoisotopic (exact) mass is 320 g/mol. The van der Waals surface area contributed by atoms with Crippen LogP contribution in [0.2, 0.25) is 0 Å². The molecule has 0 aliphatic heterocycles. The van der Waals surface area contributed by atoms with Gasteiger partial charge in [-0.1, -0.05) is 57.9 Å². The number of amides is 1. The number of aryl methyl sites for hydroxylation is 1. The van der Waals surface area contributed by atoms with Crippen molar-refractivity contribution in [3.8, 4) is 0 Å². The smallest absolute Gasteiger partial charge is 0.273 e. The Bertz CT molecular complexity index is 515. The number of rotatable bonds is 11. The van der Waals surface area contributed by atoms with Crippen LogP contribution in [-0.4, -0.2) is 17.4 Å². The summed E-state index contributed by atoms with van der Waals surface area (Å²) in [7, 11) is 0. The molecule has 1 aromatic rings. The van der Waals surface area contributed by atoms with E-state index in [1.165, 1.54) is 44.6 Å². The fourth-order valence-electron chi connectivity index (χ4n) is 2.51. The van der Waals surface area contributed by atoms with E-state index < -0.39 is 4.92 Å². The molecule has 0 aliphatic rings. The molecular weight excluding hydrogens is 292 g/mol. The van der Waals surface area contributed by atoms with Gasteiger partial charge < -0.3 is 5.32 Å². The lowest BCUT2D eigenvalue weighted by Gasteiger charge is -2.06. The van der Waals surface area contributed by atoms with Gasteiger partial charge in [0.05, 0.1) is 4.92 Å². The molecule has 1 rings (SSSR count). The molecule has 128 valence electrons. The summed E-state index contributed by atoms with van der Waals surface area (Å²) < 4.78 is 0. The number of benzene rings is 1. The Kier molecular flexibility index (Phi) is 8.95. The molecule has 0 fully saturated rings. The number of nitrogens with zero attached hydrogens (tertiary/aromatic N) is 1. The predicted molar refractivity (Wildman–Crippen MR) is 92.8 cm³/mol. The van der Waals surface area contributed by atoms with Crippen molar-refractivity contribution in [2.45, 2.75) is 65.2 Å². The second-order valence-corrected chi connectivity index (χ2v) is 5.99. The number of hydrogen-bond donors (Lipinski definition) is 1. The number of carbonyl (C=O) groups excluding carboxylic acids is 1. The maximum absolute atomic E-state index is 12.0. The average Bonchev–Trinajstić information content (AvgIpc) is 2.53. The number of nitro benzene ring substituents is 1. The Balaban J connectivity index is 2.24. The minimum absolute atomic E-state index is 0.00951. The fraction of sp³-hybridized carbons (Fsp3) is 0.611. The Labute approximate surface area is 138 Å². The molecule has 0 aromatic heterocycles. The van der Waals surface area contributed by atoms with Crippen molar-refractivity contribution >= 4 is 11.6 Å². The summed E-state index contributed by atoms with van der Waals surface area (Å²) in [5.41, 5.74) is 0.904. The second kappa shape index (κ2) is 10.8. The van der Waals surface area contributed by atoms with Crippen molar-refractivity contribution < 1.29 is 9.72 Å². The van der Waals surface area contributed by atoms with Gasteiger partial charge in [0.25, 0.3) is 11.6 Å². The maximum Gasteiger partial charge on any atom is 0.273 e. The van der Waals surface area contributed by atoms with E-state index in [1.807, 2.05) is 0 Å². The summed E-state index contributed by atoms with van der Waals surface area (Å²) in [6.07, 6.45) is 9.73. The lowest BCUT2D eigenvalue weighted by molar-refractivity contribution is -0.385. The van der Waals surface area contributed by atoms with Gasteiger partial charge in [0.2, 0.25) is 0 Å². The molecule has 23 heavy (non-hydrogen) atoms. The van der Waals surface area contributed by atoms with Crippen molar-refractivity contribution in [3.05, 3.63) is 39.4 Å². The fourth-order valence-corrected chi connectivity index (χ4v) is 2.51. The highest BCUT2D eigenvalue weighted by atomic mass is 16.6. The van der Waals surface area contributed by atoms with Crippen LogP contribution in [0.3, 0.4) is 0 Å². The van der Waals surface area contributed by atoms with Crippen molar-refractivity contribution in [2.24, 2.45) is 0 Å². The molecular formula is C18H28N2O3. The molecule has 0 spiro atoms. The summed E-state index contributed by atoms with van der Waals surface area (Å²) in [6.45, 7) is 4.50. The largest absolute Gasteiger partial charge is 0.352 e. The summed E-state index contributed by atoms with van der Waals surface area (Å²) in [5.74, 6) is -0.240. The molecule has 1 amide bonds. The molecule has 0 heterocycles.